The van der Waals surface area contributed by atoms with Crippen LogP contribution in [0.4, 0.5) is 5.69 Å². The fourth-order valence-corrected chi connectivity index (χ4v) is 4.44. The average Bonchev–Trinajstić information content (AvgIpc) is 3.06. The molecule has 0 atom stereocenters. The van der Waals surface area contributed by atoms with Crippen LogP contribution in [0.15, 0.2) is 18.2 Å². The summed E-state index contributed by atoms with van der Waals surface area (Å²) in [6.07, 6.45) is 32.0. The van der Waals surface area contributed by atoms with E-state index in [1.165, 1.54) is 0 Å². The second-order valence-corrected chi connectivity index (χ2v) is 10.8. The van der Waals surface area contributed by atoms with Gasteiger partial charge in [-0.15, -0.1) is 12.8 Å². The lowest BCUT2D eigenvalue weighted by atomic mass is 10.1. The minimum atomic E-state index is -0.334. The third-order valence-electron chi connectivity index (χ3n) is 6.86. The number of benzene rings is 1. The monoisotopic (exact) mass is 637 g/mol. The molecule has 7 nitrogen and oxygen atoms in total. The van der Waals surface area contributed by atoms with Crippen molar-refractivity contribution in [3.8, 4) is 83.9 Å². The summed E-state index contributed by atoms with van der Waals surface area (Å²) >= 11 is 0. The Morgan fingerprint density at radius 1 is 0.532 bits per heavy atom. The van der Waals surface area contributed by atoms with Crippen LogP contribution >= 0.6 is 0 Å². The molecule has 0 radical (unpaired) electrons. The van der Waals surface area contributed by atoms with E-state index in [4.69, 9.17) is 37.5 Å². The molecule has 0 bridgehead atoms. The van der Waals surface area contributed by atoms with Gasteiger partial charge in [-0.2, -0.15) is 0 Å². The van der Waals surface area contributed by atoms with Crippen molar-refractivity contribution < 1.29 is 28.5 Å². The van der Waals surface area contributed by atoms with Crippen LogP contribution in [0.3, 0.4) is 0 Å². The quantitative estimate of drug-likeness (QED) is 0.0549. The molecule has 1 rings (SSSR count). The number of terminal acetylenes is 2. The molecule has 0 aromatic heterocycles. The Morgan fingerprint density at radius 2 is 0.936 bits per heavy atom. The second-order valence-electron chi connectivity index (χ2n) is 10.8. The van der Waals surface area contributed by atoms with E-state index in [1.807, 2.05) is 18.2 Å². The number of unbranched alkanes of at least 4 members (excludes halogenated alkanes) is 14. The van der Waals surface area contributed by atoms with Crippen LogP contribution in [0.1, 0.15) is 116 Å². The van der Waals surface area contributed by atoms with Crippen molar-refractivity contribution in [2.24, 2.45) is 0 Å². The molecule has 248 valence electrons. The van der Waals surface area contributed by atoms with Crippen molar-refractivity contribution in [2.75, 3.05) is 18.9 Å². The number of carbonyl (C=O) groups excluding carboxylic acids is 2. The van der Waals surface area contributed by atoms with E-state index in [1.54, 1.807) is 0 Å². The Morgan fingerprint density at radius 3 is 1.38 bits per heavy atom. The minimum Gasteiger partial charge on any atom is -0.490 e. The molecule has 1 aromatic carbocycles. The van der Waals surface area contributed by atoms with Crippen molar-refractivity contribution in [3.63, 3.8) is 0 Å². The van der Waals surface area contributed by atoms with E-state index in [9.17, 15) is 9.59 Å². The van der Waals surface area contributed by atoms with Crippen LogP contribution < -0.4 is 15.2 Å². The number of rotatable bonds is 24. The van der Waals surface area contributed by atoms with Crippen molar-refractivity contribution in [3.05, 3.63) is 18.2 Å². The largest absolute Gasteiger partial charge is 0.490 e. The molecule has 1 aromatic rings. The summed E-state index contributed by atoms with van der Waals surface area (Å²) in [5.74, 6) is 19.2. The Hall–Kier alpha value is -5.08. The third kappa shape index (κ3) is 24.9. The molecule has 0 fully saturated rings. The van der Waals surface area contributed by atoms with Gasteiger partial charge in [-0.25, -0.2) is 0 Å². The highest BCUT2D eigenvalue weighted by Gasteiger charge is 2.07. The summed E-state index contributed by atoms with van der Waals surface area (Å²) in [5, 5.41) is 0. The Kier molecular flexibility index (Phi) is 25.2. The minimum absolute atomic E-state index is 0.333. The van der Waals surface area contributed by atoms with Crippen LogP contribution in [0.2, 0.25) is 0 Å². The summed E-state index contributed by atoms with van der Waals surface area (Å²) in [7, 11) is 0. The van der Waals surface area contributed by atoms with Gasteiger partial charge in [0.05, 0.1) is 13.2 Å². The van der Waals surface area contributed by atoms with Crippen LogP contribution in [-0.4, -0.2) is 25.2 Å². The molecule has 0 aliphatic heterocycles. The van der Waals surface area contributed by atoms with Gasteiger partial charge in [0.1, 0.15) is 12.2 Å². The molecular formula is C40H47NO6. The number of esters is 2. The number of nitrogens with two attached hydrogens (primary N) is 1. The van der Waals surface area contributed by atoms with Gasteiger partial charge >= 0.3 is 11.9 Å². The van der Waals surface area contributed by atoms with E-state index in [-0.39, 0.29) is 11.9 Å². The topological polar surface area (TPSA) is 97.1 Å². The van der Waals surface area contributed by atoms with Gasteiger partial charge in [0.15, 0.2) is 11.5 Å². The molecular weight excluding hydrogens is 590 g/mol. The smallest absolute Gasteiger partial charge is 0.319 e. The third-order valence-corrected chi connectivity index (χ3v) is 6.86. The van der Waals surface area contributed by atoms with Crippen molar-refractivity contribution in [1.82, 2.24) is 0 Å². The zero-order valence-electron chi connectivity index (χ0n) is 27.6. The highest BCUT2D eigenvalue weighted by molar-refractivity contribution is 5.71. The van der Waals surface area contributed by atoms with Crippen LogP contribution in [0.5, 0.6) is 11.5 Å². The van der Waals surface area contributed by atoms with Gasteiger partial charge in [-0.05, 0) is 61.5 Å². The molecule has 2 N–H and O–H groups in total. The Labute approximate surface area is 282 Å². The predicted molar refractivity (Wildman–Crippen MR) is 186 cm³/mol. The standard InChI is InChI=1S/C40H47NO6/c1-3-5-7-23-33-46-39(42)27-21-17-13-9-11-15-19-25-31-44-37-30-29-36(41)35-38(37)45-32-26-20-16-12-10-14-18-22-28-40(43)47-34-24-8-6-4-2/h1-2,29-30,35H,9-22,25-28,31-32,41H2. The number of ether oxygens (including phenoxy) is 4. The van der Waals surface area contributed by atoms with Gasteiger partial charge < -0.3 is 24.7 Å². The molecule has 47 heavy (non-hydrogen) atoms. The maximum Gasteiger partial charge on any atom is 0.319 e. The maximum absolute atomic E-state index is 11.6. The number of nitrogen functional groups attached to an aromatic ring is 1. The lowest BCUT2D eigenvalue weighted by Crippen LogP contribution is -2.03. The molecule has 0 heterocycles. The van der Waals surface area contributed by atoms with Crippen LogP contribution in [0.25, 0.3) is 0 Å². The van der Waals surface area contributed by atoms with Crippen molar-refractivity contribution in [2.45, 2.75) is 116 Å². The summed E-state index contributed by atoms with van der Waals surface area (Å²) in [6, 6.07) is 5.54. The average molecular weight is 638 g/mol. The lowest BCUT2D eigenvalue weighted by Gasteiger charge is -2.13. The van der Waals surface area contributed by atoms with Gasteiger partial charge in [0.2, 0.25) is 0 Å². The summed E-state index contributed by atoms with van der Waals surface area (Å²) in [5.41, 5.74) is 6.64. The summed E-state index contributed by atoms with van der Waals surface area (Å²) < 4.78 is 21.6. The van der Waals surface area contributed by atoms with Gasteiger partial charge in [0.25, 0.3) is 0 Å². The van der Waals surface area contributed by atoms with Crippen molar-refractivity contribution in [1.29, 1.82) is 0 Å². The van der Waals surface area contributed by atoms with E-state index in [0.717, 1.165) is 108 Å². The van der Waals surface area contributed by atoms with Crippen molar-refractivity contribution >= 4 is 17.6 Å². The number of hydrogen-bond acceptors (Lipinski definition) is 7. The molecule has 7 heteroatoms. The van der Waals surface area contributed by atoms with E-state index >= 15 is 0 Å². The molecule has 0 saturated carbocycles. The van der Waals surface area contributed by atoms with E-state index < -0.39 is 0 Å². The lowest BCUT2D eigenvalue weighted by molar-refractivity contribution is -0.137. The summed E-state index contributed by atoms with van der Waals surface area (Å²) in [6.45, 7) is 1.26. The molecule has 0 aliphatic rings. The molecule has 0 amide bonds. The Bertz CT molecular complexity index is 1400. The molecule has 0 unspecified atom stereocenters. The zero-order chi connectivity index (χ0) is 34.0. The number of hydrogen-bond donors (Lipinski definition) is 1. The van der Waals surface area contributed by atoms with Gasteiger partial charge in [-0.1, -0.05) is 77.0 Å². The predicted octanol–water partition coefficient (Wildman–Crippen LogP) is 7.33. The first-order valence-electron chi connectivity index (χ1n) is 16.5. The van der Waals surface area contributed by atoms with Gasteiger partial charge in [0, 0.05) is 48.3 Å². The first-order chi connectivity index (χ1) is 23.1. The zero-order valence-corrected chi connectivity index (χ0v) is 27.6. The first kappa shape index (κ1) is 39.9. The second kappa shape index (κ2) is 29.6. The highest BCUT2D eigenvalue weighted by Crippen LogP contribution is 2.30. The molecule has 0 spiro atoms. The Balaban J connectivity index is 2.04. The van der Waals surface area contributed by atoms with E-state index in [0.29, 0.717) is 37.5 Å². The van der Waals surface area contributed by atoms with Crippen LogP contribution in [-0.2, 0) is 19.1 Å². The first-order valence-corrected chi connectivity index (χ1v) is 16.5. The molecule has 0 aliphatic carbocycles. The van der Waals surface area contributed by atoms with E-state index in [2.05, 4.69) is 59.6 Å². The van der Waals surface area contributed by atoms with Crippen LogP contribution in [0, 0.1) is 72.4 Å². The normalized spacial score (nSPS) is 9.23. The maximum atomic E-state index is 11.6. The highest BCUT2D eigenvalue weighted by atomic mass is 16.5. The number of carbonyl (C=O) groups is 2. The summed E-state index contributed by atoms with van der Waals surface area (Å²) in [4.78, 5) is 23.2. The fraction of sp³-hybridized carbons (Fsp3) is 0.500. The number of anilines is 1. The fourth-order valence-electron chi connectivity index (χ4n) is 4.44. The van der Waals surface area contributed by atoms with Gasteiger partial charge in [-0.3, -0.25) is 9.59 Å². The SMILES string of the molecule is C#CC#CC#COC(=O)CCCCCCCCCCOc1ccc(N)cc1OCCCCCCCCCCC(=O)OC#CC#CC#C. The molecule has 0 saturated heterocycles.